The molecule has 20 heavy (non-hydrogen) atoms. The molecule has 1 aromatic carbocycles. The maximum Gasteiger partial charge on any atom is 0.326 e. The molecule has 0 fully saturated rings. The maximum atomic E-state index is 12.2. The van der Waals surface area contributed by atoms with Crippen LogP contribution in [0, 0.1) is 0 Å². The van der Waals surface area contributed by atoms with E-state index in [1.165, 1.54) is 25.3 Å². The van der Waals surface area contributed by atoms with Crippen LogP contribution in [0.4, 0.5) is 0 Å². The topological polar surface area (TPSA) is 102 Å². The minimum atomic E-state index is -4.11. The van der Waals surface area contributed by atoms with Gasteiger partial charge in [-0.15, -0.1) is 0 Å². The van der Waals surface area contributed by atoms with Crippen molar-refractivity contribution in [2.45, 2.75) is 10.9 Å². The lowest BCUT2D eigenvalue weighted by Crippen LogP contribution is -2.44. The van der Waals surface area contributed by atoms with Gasteiger partial charge in [-0.05, 0) is 18.2 Å². The van der Waals surface area contributed by atoms with E-state index in [2.05, 4.69) is 4.74 Å². The molecule has 0 aromatic heterocycles. The number of carbonyl (C=O) groups is 1. The van der Waals surface area contributed by atoms with Crippen LogP contribution in [0.5, 0.6) is 5.75 Å². The Morgan fingerprint density at radius 3 is 2.60 bits per heavy atom. The molecule has 9 heteroatoms. The van der Waals surface area contributed by atoms with E-state index in [4.69, 9.17) is 21.4 Å². The van der Waals surface area contributed by atoms with Crippen LogP contribution in [0.2, 0.25) is 5.02 Å². The molecule has 1 unspecified atom stereocenters. The molecule has 1 aromatic rings. The maximum absolute atomic E-state index is 12.2. The number of aliphatic hydroxyl groups excluding tert-OH is 1. The summed E-state index contributed by atoms with van der Waals surface area (Å²) < 4.78 is 35.7. The predicted molar refractivity (Wildman–Crippen MR) is 71.2 cm³/mol. The number of hydrogen-bond acceptors (Lipinski definition) is 6. The third kappa shape index (κ3) is 3.83. The van der Waals surface area contributed by atoms with Crippen LogP contribution in [-0.2, 0) is 19.6 Å². The van der Waals surface area contributed by atoms with Gasteiger partial charge in [0.25, 0.3) is 0 Å². The summed E-state index contributed by atoms with van der Waals surface area (Å²) >= 11 is 5.75. The van der Waals surface area contributed by atoms with E-state index in [1.807, 2.05) is 4.72 Å². The quantitative estimate of drug-likeness (QED) is 0.723. The summed E-state index contributed by atoms with van der Waals surface area (Å²) in [6.07, 6.45) is 0. The van der Waals surface area contributed by atoms with Crippen LogP contribution >= 0.6 is 11.6 Å². The van der Waals surface area contributed by atoms with Gasteiger partial charge in [0.2, 0.25) is 10.0 Å². The van der Waals surface area contributed by atoms with Crippen LogP contribution in [0.3, 0.4) is 0 Å². The van der Waals surface area contributed by atoms with Gasteiger partial charge in [0.1, 0.15) is 16.7 Å². The normalized spacial score (nSPS) is 12.8. The first-order valence-corrected chi connectivity index (χ1v) is 7.26. The lowest BCUT2D eigenvalue weighted by Gasteiger charge is -2.15. The largest absolute Gasteiger partial charge is 0.495 e. The number of carbonyl (C=O) groups excluding carboxylic acids is 1. The molecule has 0 radical (unpaired) electrons. The highest BCUT2D eigenvalue weighted by Crippen LogP contribution is 2.27. The van der Waals surface area contributed by atoms with Gasteiger partial charge in [-0.3, -0.25) is 4.79 Å². The Balaban J connectivity index is 3.16. The van der Waals surface area contributed by atoms with E-state index >= 15 is 0 Å². The van der Waals surface area contributed by atoms with Gasteiger partial charge in [0.15, 0.2) is 0 Å². The molecule has 0 saturated carbocycles. The third-order valence-corrected chi connectivity index (χ3v) is 4.11. The number of methoxy groups -OCH3 is 2. The Kier molecular flexibility index (Phi) is 5.75. The fraction of sp³-hybridized carbons (Fsp3) is 0.364. The van der Waals surface area contributed by atoms with Gasteiger partial charge in [0, 0.05) is 5.02 Å². The average molecular weight is 324 g/mol. The van der Waals surface area contributed by atoms with E-state index in [9.17, 15) is 13.2 Å². The molecule has 1 rings (SSSR count). The van der Waals surface area contributed by atoms with Crippen molar-refractivity contribution in [2.24, 2.45) is 0 Å². The molecule has 0 aliphatic carbocycles. The fourth-order valence-electron chi connectivity index (χ4n) is 1.41. The van der Waals surface area contributed by atoms with Crippen molar-refractivity contribution in [1.82, 2.24) is 4.72 Å². The van der Waals surface area contributed by atoms with Crippen molar-refractivity contribution in [3.8, 4) is 5.75 Å². The lowest BCUT2D eigenvalue weighted by molar-refractivity contribution is -0.143. The SMILES string of the molecule is COC(=O)C(CO)NS(=O)(=O)c1cc(Cl)ccc1OC. The van der Waals surface area contributed by atoms with Crippen LogP contribution < -0.4 is 9.46 Å². The van der Waals surface area contributed by atoms with Crippen molar-refractivity contribution >= 4 is 27.6 Å². The molecule has 7 nitrogen and oxygen atoms in total. The molecule has 2 N–H and O–H groups in total. The Morgan fingerprint density at radius 2 is 2.10 bits per heavy atom. The van der Waals surface area contributed by atoms with Gasteiger partial charge in [0.05, 0.1) is 20.8 Å². The number of rotatable bonds is 6. The average Bonchev–Trinajstić information content (AvgIpc) is 2.43. The van der Waals surface area contributed by atoms with Gasteiger partial charge < -0.3 is 14.6 Å². The smallest absolute Gasteiger partial charge is 0.326 e. The standard InChI is InChI=1S/C11H14ClNO6S/c1-18-9-4-3-7(12)5-10(9)20(16,17)13-8(6-14)11(15)19-2/h3-5,8,13-14H,6H2,1-2H3. The zero-order valence-electron chi connectivity index (χ0n) is 10.8. The molecule has 0 aliphatic heterocycles. The molecule has 0 bridgehead atoms. The van der Waals surface area contributed by atoms with Crippen LogP contribution in [0.25, 0.3) is 0 Å². The van der Waals surface area contributed by atoms with E-state index in [0.29, 0.717) is 0 Å². The summed E-state index contributed by atoms with van der Waals surface area (Å²) in [5.74, 6) is -0.847. The number of benzene rings is 1. The highest BCUT2D eigenvalue weighted by molar-refractivity contribution is 7.89. The summed E-state index contributed by atoms with van der Waals surface area (Å²) in [5, 5.41) is 9.22. The molecule has 0 amide bonds. The van der Waals surface area contributed by atoms with E-state index in [0.717, 1.165) is 7.11 Å². The van der Waals surface area contributed by atoms with E-state index < -0.39 is 28.6 Å². The number of halogens is 1. The Bertz CT molecular complexity index is 589. The Morgan fingerprint density at radius 1 is 1.45 bits per heavy atom. The molecule has 112 valence electrons. The number of hydrogen-bond donors (Lipinski definition) is 2. The lowest BCUT2D eigenvalue weighted by atomic mass is 10.3. The van der Waals surface area contributed by atoms with E-state index in [1.54, 1.807) is 0 Å². The third-order valence-electron chi connectivity index (χ3n) is 2.38. The number of aliphatic hydroxyl groups is 1. The number of nitrogens with one attached hydrogen (secondary N) is 1. The molecule has 0 aliphatic rings. The zero-order valence-corrected chi connectivity index (χ0v) is 12.4. The molecular formula is C11H14ClNO6S. The Hall–Kier alpha value is -1.35. The first-order valence-electron chi connectivity index (χ1n) is 5.40. The van der Waals surface area contributed by atoms with Crippen molar-refractivity contribution in [3.63, 3.8) is 0 Å². The van der Waals surface area contributed by atoms with E-state index in [-0.39, 0.29) is 15.7 Å². The van der Waals surface area contributed by atoms with Crippen molar-refractivity contribution in [3.05, 3.63) is 23.2 Å². The summed E-state index contributed by atoms with van der Waals surface area (Å²) in [5.41, 5.74) is 0. The van der Waals surface area contributed by atoms with Crippen LogP contribution in [0.15, 0.2) is 23.1 Å². The highest BCUT2D eigenvalue weighted by atomic mass is 35.5. The summed E-state index contributed by atoms with van der Waals surface area (Å²) in [4.78, 5) is 11.1. The predicted octanol–water partition coefficient (Wildman–Crippen LogP) is 0.161. The first-order chi connectivity index (χ1) is 9.35. The van der Waals surface area contributed by atoms with Gasteiger partial charge in [-0.25, -0.2) is 8.42 Å². The summed E-state index contributed by atoms with van der Waals surface area (Å²) in [7, 11) is -1.73. The zero-order chi connectivity index (χ0) is 15.3. The highest BCUT2D eigenvalue weighted by Gasteiger charge is 2.28. The first kappa shape index (κ1) is 16.7. The molecule has 1 atom stereocenters. The number of sulfonamides is 1. The monoisotopic (exact) mass is 323 g/mol. The van der Waals surface area contributed by atoms with Crippen molar-refractivity contribution < 1.29 is 27.8 Å². The summed E-state index contributed by atoms with van der Waals surface area (Å²) in [6.45, 7) is -0.741. The molecule has 0 heterocycles. The van der Waals surface area contributed by atoms with Crippen molar-refractivity contribution in [2.75, 3.05) is 20.8 Å². The Labute approximate surface area is 121 Å². The fourth-order valence-corrected chi connectivity index (χ4v) is 3.02. The number of esters is 1. The second-order valence-corrected chi connectivity index (χ2v) is 5.79. The molecule has 0 saturated heterocycles. The number of ether oxygens (including phenoxy) is 2. The second kappa shape index (κ2) is 6.89. The minimum absolute atomic E-state index is 0.0588. The van der Waals surface area contributed by atoms with Crippen molar-refractivity contribution in [1.29, 1.82) is 0 Å². The molecule has 0 spiro atoms. The minimum Gasteiger partial charge on any atom is -0.495 e. The van der Waals surface area contributed by atoms with Gasteiger partial charge in [-0.2, -0.15) is 4.72 Å². The van der Waals surface area contributed by atoms with Crippen LogP contribution in [0.1, 0.15) is 0 Å². The summed E-state index contributed by atoms with van der Waals surface area (Å²) in [6, 6.07) is 2.61. The van der Waals surface area contributed by atoms with Crippen LogP contribution in [-0.4, -0.2) is 46.4 Å². The second-order valence-electron chi connectivity index (χ2n) is 3.67. The molecular weight excluding hydrogens is 310 g/mol. The van der Waals surface area contributed by atoms with Gasteiger partial charge in [-0.1, -0.05) is 11.6 Å². The van der Waals surface area contributed by atoms with Gasteiger partial charge >= 0.3 is 5.97 Å².